The van der Waals surface area contributed by atoms with Gasteiger partial charge in [0.1, 0.15) is 0 Å². The Bertz CT molecular complexity index is 237. The molecule has 1 atom stereocenters. The first-order valence-corrected chi connectivity index (χ1v) is 5.95. The summed E-state index contributed by atoms with van der Waals surface area (Å²) in [6.45, 7) is 3.52. The van der Waals surface area contributed by atoms with E-state index in [1.165, 1.54) is 10.6 Å². The van der Waals surface area contributed by atoms with Crippen LogP contribution in [0.2, 0.25) is 0 Å². The summed E-state index contributed by atoms with van der Waals surface area (Å²) in [6.07, 6.45) is 2.06. The Labute approximate surface area is 73.6 Å². The second-order valence-electron chi connectivity index (χ2n) is 3.01. The third-order valence-corrected chi connectivity index (χ3v) is 3.40. The van der Waals surface area contributed by atoms with Crippen LogP contribution in [0.1, 0.15) is 13.3 Å². The number of sulfonamides is 1. The number of ether oxygens (including phenoxy) is 1. The van der Waals surface area contributed by atoms with Crippen LogP contribution in [-0.2, 0) is 14.8 Å². The monoisotopic (exact) mass is 193 g/mol. The molecule has 1 heterocycles. The van der Waals surface area contributed by atoms with Crippen molar-refractivity contribution in [1.29, 1.82) is 0 Å². The highest BCUT2D eigenvalue weighted by atomic mass is 32.2. The number of rotatable bonds is 2. The van der Waals surface area contributed by atoms with Gasteiger partial charge in [0.15, 0.2) is 0 Å². The van der Waals surface area contributed by atoms with E-state index in [1.807, 2.05) is 6.92 Å². The van der Waals surface area contributed by atoms with Gasteiger partial charge in [-0.25, -0.2) is 8.42 Å². The third kappa shape index (κ3) is 2.18. The number of nitrogens with zero attached hydrogens (tertiary/aromatic N) is 1. The fourth-order valence-corrected chi connectivity index (χ4v) is 2.56. The summed E-state index contributed by atoms with van der Waals surface area (Å²) in [5, 5.41) is 0. The first-order chi connectivity index (χ1) is 5.55. The lowest BCUT2D eigenvalue weighted by molar-refractivity contribution is 0.0317. The van der Waals surface area contributed by atoms with Gasteiger partial charge >= 0.3 is 0 Å². The predicted molar refractivity (Wildman–Crippen MR) is 46.4 cm³/mol. The second-order valence-corrected chi connectivity index (χ2v) is 4.95. The van der Waals surface area contributed by atoms with Crippen LogP contribution in [0.3, 0.4) is 0 Å². The second kappa shape index (κ2) is 3.72. The molecule has 1 aliphatic heterocycles. The van der Waals surface area contributed by atoms with Gasteiger partial charge in [-0.05, 0) is 6.42 Å². The molecule has 1 fully saturated rings. The van der Waals surface area contributed by atoms with Crippen molar-refractivity contribution in [2.45, 2.75) is 19.4 Å². The van der Waals surface area contributed by atoms with E-state index in [9.17, 15) is 8.42 Å². The number of hydrogen-bond donors (Lipinski definition) is 0. The molecule has 1 aliphatic rings. The fourth-order valence-electron chi connectivity index (χ4n) is 1.40. The largest absolute Gasteiger partial charge is 0.378 e. The maximum atomic E-state index is 11.2. The van der Waals surface area contributed by atoms with E-state index in [0.717, 1.165) is 6.42 Å². The van der Waals surface area contributed by atoms with Crippen molar-refractivity contribution in [3.63, 3.8) is 0 Å². The van der Waals surface area contributed by atoms with Crippen molar-refractivity contribution in [3.8, 4) is 0 Å². The Morgan fingerprint density at radius 1 is 1.58 bits per heavy atom. The lowest BCUT2D eigenvalue weighted by atomic mass is 10.2. The van der Waals surface area contributed by atoms with Crippen LogP contribution in [0.25, 0.3) is 0 Å². The summed E-state index contributed by atoms with van der Waals surface area (Å²) in [7, 11) is -3.03. The molecule has 0 spiro atoms. The van der Waals surface area contributed by atoms with Crippen molar-refractivity contribution in [2.75, 3.05) is 26.0 Å². The molecule has 0 N–H and O–H groups in total. The molecule has 0 amide bonds. The fraction of sp³-hybridized carbons (Fsp3) is 1.00. The van der Waals surface area contributed by atoms with E-state index in [1.54, 1.807) is 0 Å². The Kier molecular flexibility index (Phi) is 3.09. The van der Waals surface area contributed by atoms with Gasteiger partial charge in [0.25, 0.3) is 0 Å². The normalized spacial score (nSPS) is 27.3. The van der Waals surface area contributed by atoms with E-state index in [0.29, 0.717) is 19.8 Å². The van der Waals surface area contributed by atoms with Gasteiger partial charge in [0.2, 0.25) is 10.0 Å². The van der Waals surface area contributed by atoms with Gasteiger partial charge in [0, 0.05) is 12.6 Å². The molecule has 0 radical (unpaired) electrons. The molecule has 0 saturated carbocycles. The van der Waals surface area contributed by atoms with Gasteiger partial charge in [-0.15, -0.1) is 0 Å². The molecule has 1 rings (SSSR count). The van der Waals surface area contributed by atoms with Gasteiger partial charge < -0.3 is 4.74 Å². The zero-order valence-corrected chi connectivity index (χ0v) is 8.30. The zero-order valence-electron chi connectivity index (χ0n) is 7.49. The SMILES string of the molecule is CCC1COCCN1S(C)(=O)=O. The molecule has 0 bridgehead atoms. The predicted octanol–water partition coefficient (Wildman–Crippen LogP) is 0.0568. The summed E-state index contributed by atoms with van der Waals surface area (Å²) >= 11 is 0. The molecular weight excluding hydrogens is 178 g/mol. The highest BCUT2D eigenvalue weighted by Crippen LogP contribution is 2.13. The smallest absolute Gasteiger partial charge is 0.211 e. The summed E-state index contributed by atoms with van der Waals surface area (Å²) in [6, 6.07) is 0.0359. The first kappa shape index (κ1) is 9.95. The summed E-state index contributed by atoms with van der Waals surface area (Å²) < 4.78 is 29.2. The minimum Gasteiger partial charge on any atom is -0.378 e. The van der Waals surface area contributed by atoms with Crippen LogP contribution in [-0.4, -0.2) is 44.8 Å². The van der Waals surface area contributed by atoms with Crippen LogP contribution in [0.15, 0.2) is 0 Å². The Balaban J connectivity index is 2.72. The van der Waals surface area contributed by atoms with Gasteiger partial charge in [-0.2, -0.15) is 4.31 Å². The molecule has 0 aliphatic carbocycles. The molecule has 72 valence electrons. The van der Waals surface area contributed by atoms with E-state index in [-0.39, 0.29) is 6.04 Å². The summed E-state index contributed by atoms with van der Waals surface area (Å²) in [5.74, 6) is 0. The van der Waals surface area contributed by atoms with Crippen molar-refractivity contribution < 1.29 is 13.2 Å². The van der Waals surface area contributed by atoms with E-state index in [2.05, 4.69) is 0 Å². The van der Waals surface area contributed by atoms with Crippen molar-refractivity contribution >= 4 is 10.0 Å². The molecule has 0 aromatic carbocycles. The maximum absolute atomic E-state index is 11.2. The Morgan fingerprint density at radius 2 is 2.25 bits per heavy atom. The lowest BCUT2D eigenvalue weighted by Crippen LogP contribution is -2.47. The maximum Gasteiger partial charge on any atom is 0.211 e. The molecule has 1 unspecified atom stereocenters. The topological polar surface area (TPSA) is 46.6 Å². The number of morpholine rings is 1. The summed E-state index contributed by atoms with van der Waals surface area (Å²) in [4.78, 5) is 0. The van der Waals surface area contributed by atoms with Gasteiger partial charge in [-0.1, -0.05) is 6.92 Å². The molecule has 4 nitrogen and oxygen atoms in total. The van der Waals surface area contributed by atoms with Gasteiger partial charge in [-0.3, -0.25) is 0 Å². The minimum atomic E-state index is -3.03. The van der Waals surface area contributed by atoms with E-state index < -0.39 is 10.0 Å². The van der Waals surface area contributed by atoms with E-state index >= 15 is 0 Å². The van der Waals surface area contributed by atoms with Crippen molar-refractivity contribution in [2.24, 2.45) is 0 Å². The van der Waals surface area contributed by atoms with Crippen LogP contribution >= 0.6 is 0 Å². The highest BCUT2D eigenvalue weighted by molar-refractivity contribution is 7.88. The molecular formula is C7H15NO3S. The number of hydrogen-bond acceptors (Lipinski definition) is 3. The van der Waals surface area contributed by atoms with Crippen LogP contribution in [0.5, 0.6) is 0 Å². The molecule has 1 saturated heterocycles. The third-order valence-electron chi connectivity index (χ3n) is 2.07. The minimum absolute atomic E-state index is 0.0359. The standard InChI is InChI=1S/C7H15NO3S/c1-3-7-6-11-5-4-8(7)12(2,9)10/h7H,3-6H2,1-2H3. The Morgan fingerprint density at radius 3 is 2.67 bits per heavy atom. The quantitative estimate of drug-likeness (QED) is 0.623. The zero-order chi connectivity index (χ0) is 9.19. The average Bonchev–Trinajstić information content (AvgIpc) is 2.03. The molecule has 12 heavy (non-hydrogen) atoms. The highest BCUT2D eigenvalue weighted by Gasteiger charge is 2.28. The molecule has 0 aromatic heterocycles. The van der Waals surface area contributed by atoms with Crippen molar-refractivity contribution in [3.05, 3.63) is 0 Å². The molecule has 0 aromatic rings. The van der Waals surface area contributed by atoms with Crippen LogP contribution in [0, 0.1) is 0 Å². The van der Waals surface area contributed by atoms with Crippen molar-refractivity contribution in [1.82, 2.24) is 4.31 Å². The van der Waals surface area contributed by atoms with Crippen LogP contribution in [0.4, 0.5) is 0 Å². The lowest BCUT2D eigenvalue weighted by Gasteiger charge is -2.32. The molecule has 5 heteroatoms. The summed E-state index contributed by atoms with van der Waals surface area (Å²) in [5.41, 5.74) is 0. The average molecular weight is 193 g/mol. The first-order valence-electron chi connectivity index (χ1n) is 4.10. The van der Waals surface area contributed by atoms with E-state index in [4.69, 9.17) is 4.74 Å². The van der Waals surface area contributed by atoms with Crippen LogP contribution < -0.4 is 0 Å². The Hall–Kier alpha value is -0.130. The van der Waals surface area contributed by atoms with Gasteiger partial charge in [0.05, 0.1) is 19.5 Å².